The van der Waals surface area contributed by atoms with Gasteiger partial charge in [-0.1, -0.05) is 61.5 Å². The summed E-state index contributed by atoms with van der Waals surface area (Å²) in [5.74, 6) is -0.346. The Kier molecular flexibility index (Phi) is 6.18. The molecule has 6 nitrogen and oxygen atoms in total. The molecule has 32 heavy (non-hydrogen) atoms. The lowest BCUT2D eigenvalue weighted by molar-refractivity contribution is 0.0936. The van der Waals surface area contributed by atoms with Crippen LogP contribution >= 0.6 is 0 Å². The molecule has 0 spiro atoms. The molecule has 0 aliphatic rings. The van der Waals surface area contributed by atoms with Crippen molar-refractivity contribution in [1.29, 1.82) is 0 Å². The van der Waals surface area contributed by atoms with Gasteiger partial charge in [-0.2, -0.15) is 0 Å². The van der Waals surface area contributed by atoms with E-state index >= 15 is 0 Å². The summed E-state index contributed by atoms with van der Waals surface area (Å²) in [5.41, 5.74) is 1.47. The van der Waals surface area contributed by atoms with E-state index in [1.54, 1.807) is 54.9 Å². The van der Waals surface area contributed by atoms with Crippen molar-refractivity contribution in [3.05, 3.63) is 102 Å². The Morgan fingerprint density at radius 3 is 2.50 bits per heavy atom. The number of nitrogens with zero attached hydrogens (tertiary/aromatic N) is 1. The Morgan fingerprint density at radius 2 is 1.72 bits per heavy atom. The lowest BCUT2D eigenvalue weighted by Gasteiger charge is -2.19. The van der Waals surface area contributed by atoms with E-state index in [1.165, 1.54) is 6.07 Å². The van der Waals surface area contributed by atoms with Crippen LogP contribution in [0.2, 0.25) is 0 Å². The van der Waals surface area contributed by atoms with Gasteiger partial charge in [0.25, 0.3) is 15.9 Å². The van der Waals surface area contributed by atoms with Gasteiger partial charge in [0.1, 0.15) is 0 Å². The van der Waals surface area contributed by atoms with E-state index in [-0.39, 0.29) is 29.5 Å². The van der Waals surface area contributed by atoms with E-state index in [1.807, 2.05) is 37.3 Å². The second-order valence-electron chi connectivity index (χ2n) is 7.35. The van der Waals surface area contributed by atoms with Gasteiger partial charge in [0.2, 0.25) is 0 Å². The molecule has 1 atom stereocenters. The molecule has 164 valence electrons. The molecule has 7 heteroatoms. The van der Waals surface area contributed by atoms with Crippen LogP contribution in [-0.2, 0) is 10.0 Å². The summed E-state index contributed by atoms with van der Waals surface area (Å²) in [5, 5.41) is 4.29. The molecular formula is C25H25N3O3S. The molecular weight excluding hydrogens is 422 g/mol. The second-order valence-corrected chi connectivity index (χ2v) is 9.00. The smallest absolute Gasteiger partial charge is 0.262 e. The molecule has 4 rings (SSSR count). The quantitative estimate of drug-likeness (QED) is 0.409. The van der Waals surface area contributed by atoms with E-state index < -0.39 is 10.0 Å². The lowest BCUT2D eigenvalue weighted by Crippen LogP contribution is -2.29. The number of rotatable bonds is 7. The molecule has 0 aliphatic carbocycles. The van der Waals surface area contributed by atoms with Crippen LogP contribution in [0.4, 0.5) is 5.69 Å². The van der Waals surface area contributed by atoms with Crippen LogP contribution in [0.5, 0.6) is 0 Å². The molecule has 3 aromatic carbocycles. The molecule has 1 aromatic heterocycles. The van der Waals surface area contributed by atoms with Gasteiger partial charge in [0.15, 0.2) is 0 Å². The highest BCUT2D eigenvalue weighted by Crippen LogP contribution is 2.26. The number of nitrogens with one attached hydrogen (secondary N) is 2. The van der Waals surface area contributed by atoms with Crippen molar-refractivity contribution < 1.29 is 14.6 Å². The Bertz CT molecular complexity index is 1360. The first-order chi connectivity index (χ1) is 15.5. The van der Waals surface area contributed by atoms with Crippen molar-refractivity contribution in [2.45, 2.75) is 24.3 Å². The summed E-state index contributed by atoms with van der Waals surface area (Å²) in [4.78, 5) is 17.3. The lowest BCUT2D eigenvalue weighted by atomic mass is 10.0. The monoisotopic (exact) mass is 447 g/mol. The minimum absolute atomic E-state index is 0. The van der Waals surface area contributed by atoms with E-state index in [0.717, 1.165) is 10.9 Å². The van der Waals surface area contributed by atoms with Gasteiger partial charge >= 0.3 is 0 Å². The summed E-state index contributed by atoms with van der Waals surface area (Å²) in [6.45, 7) is 1.99. The van der Waals surface area contributed by atoms with Crippen LogP contribution in [0.25, 0.3) is 10.8 Å². The van der Waals surface area contributed by atoms with E-state index in [2.05, 4.69) is 15.0 Å². The van der Waals surface area contributed by atoms with Crippen molar-refractivity contribution in [2.75, 3.05) is 4.72 Å². The Labute approximate surface area is 188 Å². The highest BCUT2D eigenvalue weighted by molar-refractivity contribution is 7.93. The van der Waals surface area contributed by atoms with Crippen LogP contribution < -0.4 is 10.0 Å². The van der Waals surface area contributed by atoms with Gasteiger partial charge in [-0.05, 0) is 36.2 Å². The molecule has 0 aliphatic heterocycles. The Hall–Kier alpha value is -3.71. The minimum atomic E-state index is -3.94. The maximum Gasteiger partial charge on any atom is 0.262 e. The van der Waals surface area contributed by atoms with Crippen molar-refractivity contribution in [1.82, 2.24) is 10.3 Å². The fraction of sp³-hybridized carbons (Fsp3) is 0.120. The molecule has 1 heterocycles. The molecule has 0 bridgehead atoms. The van der Waals surface area contributed by atoms with Crippen LogP contribution in [0.1, 0.15) is 36.7 Å². The van der Waals surface area contributed by atoms with Crippen LogP contribution in [0, 0.1) is 0 Å². The zero-order chi connectivity index (χ0) is 22.6. The molecule has 2 N–H and O–H groups in total. The topological polar surface area (TPSA) is 88.2 Å². The third kappa shape index (κ3) is 4.48. The minimum Gasteiger partial charge on any atom is -0.345 e. The number of pyridine rings is 1. The van der Waals surface area contributed by atoms with Crippen LogP contribution in [0.15, 0.2) is 96.2 Å². The van der Waals surface area contributed by atoms with Gasteiger partial charge in [-0.3, -0.25) is 14.5 Å². The first-order valence-electron chi connectivity index (χ1n) is 10.3. The number of hydrogen-bond donors (Lipinski definition) is 2. The number of hydrogen-bond acceptors (Lipinski definition) is 4. The largest absolute Gasteiger partial charge is 0.345 e. The predicted molar refractivity (Wildman–Crippen MR) is 128 cm³/mol. The molecule has 0 radical (unpaired) electrons. The van der Waals surface area contributed by atoms with E-state index in [9.17, 15) is 13.2 Å². The number of carbonyl (C=O) groups excluding carboxylic acids is 1. The molecule has 0 unspecified atom stereocenters. The van der Waals surface area contributed by atoms with Crippen LogP contribution in [0.3, 0.4) is 0 Å². The van der Waals surface area contributed by atoms with Gasteiger partial charge in [0, 0.05) is 24.6 Å². The first-order valence-corrected chi connectivity index (χ1v) is 11.8. The van der Waals surface area contributed by atoms with Crippen molar-refractivity contribution in [2.24, 2.45) is 0 Å². The summed E-state index contributed by atoms with van der Waals surface area (Å²) in [7, 11) is -3.94. The van der Waals surface area contributed by atoms with Gasteiger partial charge in [0.05, 0.1) is 22.2 Å². The Morgan fingerprint density at radius 1 is 0.969 bits per heavy atom. The number of aromatic nitrogens is 1. The summed E-state index contributed by atoms with van der Waals surface area (Å²) in [6.07, 6.45) is 3.87. The number of para-hydroxylation sites is 1. The van der Waals surface area contributed by atoms with Gasteiger partial charge in [-0.25, -0.2) is 8.42 Å². The SMILES string of the molecule is CC[C@H](NC(=O)c1ccccc1NS(=O)(=O)c1cccc2cnccc12)c1ccccc1.[HH]. The molecule has 4 aromatic rings. The summed E-state index contributed by atoms with van der Waals surface area (Å²) in [6, 6.07) is 22.8. The summed E-state index contributed by atoms with van der Waals surface area (Å²) >= 11 is 0. The zero-order valence-corrected chi connectivity index (χ0v) is 18.3. The van der Waals surface area contributed by atoms with Crippen molar-refractivity contribution in [3.8, 4) is 0 Å². The molecule has 0 saturated heterocycles. The van der Waals surface area contributed by atoms with E-state index in [0.29, 0.717) is 11.8 Å². The fourth-order valence-electron chi connectivity index (χ4n) is 3.64. The average Bonchev–Trinajstić information content (AvgIpc) is 2.82. The number of benzene rings is 3. The zero-order valence-electron chi connectivity index (χ0n) is 17.5. The number of anilines is 1. The van der Waals surface area contributed by atoms with Crippen molar-refractivity contribution in [3.63, 3.8) is 0 Å². The highest BCUT2D eigenvalue weighted by Gasteiger charge is 2.22. The third-order valence-corrected chi connectivity index (χ3v) is 6.69. The van der Waals surface area contributed by atoms with Gasteiger partial charge in [-0.15, -0.1) is 0 Å². The molecule has 0 fully saturated rings. The number of carbonyl (C=O) groups is 1. The maximum atomic E-state index is 13.2. The second kappa shape index (κ2) is 9.20. The van der Waals surface area contributed by atoms with E-state index in [4.69, 9.17) is 0 Å². The molecule has 1 amide bonds. The van der Waals surface area contributed by atoms with Gasteiger partial charge < -0.3 is 5.32 Å². The predicted octanol–water partition coefficient (Wildman–Crippen LogP) is 5.16. The Balaban J connectivity index is 0.00000306. The number of sulfonamides is 1. The number of amides is 1. The third-order valence-electron chi connectivity index (χ3n) is 5.26. The highest BCUT2D eigenvalue weighted by atomic mass is 32.2. The maximum absolute atomic E-state index is 13.2. The fourth-order valence-corrected chi connectivity index (χ4v) is 4.95. The standard InChI is InChI=1S/C25H23N3O3S.H2/c1-2-22(18-9-4-3-5-10-18)27-25(29)21-12-6-7-13-23(21)28-32(30,31)24-14-8-11-19-17-26-16-15-20(19)24;/h3-17,22,28H,2H2,1H3,(H,27,29);1H/t22-;/m0./s1. The average molecular weight is 448 g/mol. The number of fused-ring (bicyclic) bond motifs is 1. The first kappa shape index (κ1) is 21.5. The van der Waals surface area contributed by atoms with Crippen LogP contribution in [-0.4, -0.2) is 19.3 Å². The van der Waals surface area contributed by atoms with Crippen molar-refractivity contribution >= 4 is 32.4 Å². The summed E-state index contributed by atoms with van der Waals surface area (Å²) < 4.78 is 29.1. The molecule has 0 saturated carbocycles. The normalized spacial score (nSPS) is 12.3.